The lowest BCUT2D eigenvalue weighted by Gasteiger charge is -2.33. The third-order valence-electron chi connectivity index (χ3n) is 4.97. The summed E-state index contributed by atoms with van der Waals surface area (Å²) in [5.74, 6) is -0.267. The number of nitrogens with zero attached hydrogens (tertiary/aromatic N) is 3. The Labute approximate surface area is 177 Å². The van der Waals surface area contributed by atoms with E-state index in [-0.39, 0.29) is 17.5 Å². The molecule has 5 nitrogen and oxygen atoms in total. The first-order chi connectivity index (χ1) is 14.1. The van der Waals surface area contributed by atoms with Gasteiger partial charge in [-0.25, -0.2) is 14.4 Å². The molecule has 1 aliphatic rings. The van der Waals surface area contributed by atoms with E-state index in [1.807, 2.05) is 30.3 Å². The molecular weight excluding hydrogens is 435 g/mol. The zero-order valence-electron chi connectivity index (χ0n) is 15.7. The maximum atomic E-state index is 14.7. The van der Waals surface area contributed by atoms with Crippen LogP contribution < -0.4 is 5.32 Å². The molecule has 0 radical (unpaired) electrons. The quantitative estimate of drug-likeness (QED) is 0.617. The third-order valence-corrected chi connectivity index (χ3v) is 5.38. The molecule has 0 spiro atoms. The number of nitrogens with one attached hydrogen (secondary N) is 1. The molecular formula is C22H20BrFN4O. The highest BCUT2D eigenvalue weighted by atomic mass is 79.9. The average molecular weight is 455 g/mol. The van der Waals surface area contributed by atoms with Gasteiger partial charge in [0.1, 0.15) is 5.82 Å². The Hall–Kier alpha value is -2.80. The van der Waals surface area contributed by atoms with Crippen LogP contribution in [0.2, 0.25) is 0 Å². The van der Waals surface area contributed by atoms with Crippen molar-refractivity contribution in [3.05, 3.63) is 76.8 Å². The molecule has 1 fully saturated rings. The predicted molar refractivity (Wildman–Crippen MR) is 114 cm³/mol. The molecule has 1 saturated heterocycles. The summed E-state index contributed by atoms with van der Waals surface area (Å²) >= 11 is 3.32. The van der Waals surface area contributed by atoms with Crippen molar-refractivity contribution < 1.29 is 9.18 Å². The fourth-order valence-corrected chi connectivity index (χ4v) is 3.81. The van der Waals surface area contributed by atoms with Crippen LogP contribution in [0.15, 0.2) is 65.4 Å². The summed E-state index contributed by atoms with van der Waals surface area (Å²) in [6, 6.07) is 14.2. The second-order valence-corrected chi connectivity index (χ2v) is 7.90. The van der Waals surface area contributed by atoms with E-state index < -0.39 is 5.82 Å². The van der Waals surface area contributed by atoms with Gasteiger partial charge in [0.05, 0.1) is 10.0 Å². The molecule has 2 heterocycles. The molecule has 148 valence electrons. The molecule has 2 aromatic carbocycles. The summed E-state index contributed by atoms with van der Waals surface area (Å²) in [6.45, 7) is 1.07. The van der Waals surface area contributed by atoms with Crippen LogP contribution in [0.3, 0.4) is 0 Å². The van der Waals surface area contributed by atoms with Gasteiger partial charge >= 0.3 is 0 Å². The Balaban J connectivity index is 1.56. The number of amides is 1. The second-order valence-electron chi connectivity index (χ2n) is 6.99. The van der Waals surface area contributed by atoms with Crippen LogP contribution in [0.4, 0.5) is 10.3 Å². The maximum absolute atomic E-state index is 14.7. The van der Waals surface area contributed by atoms with E-state index in [4.69, 9.17) is 0 Å². The summed E-state index contributed by atoms with van der Waals surface area (Å²) in [7, 11) is 0. The molecule has 7 heteroatoms. The van der Waals surface area contributed by atoms with Crippen molar-refractivity contribution in [3.63, 3.8) is 0 Å². The van der Waals surface area contributed by atoms with Crippen molar-refractivity contribution in [1.29, 1.82) is 0 Å². The van der Waals surface area contributed by atoms with E-state index in [9.17, 15) is 9.18 Å². The van der Waals surface area contributed by atoms with Gasteiger partial charge in [-0.05, 0) is 46.0 Å². The summed E-state index contributed by atoms with van der Waals surface area (Å²) in [5.41, 5.74) is 1.56. The van der Waals surface area contributed by atoms with Gasteiger partial charge in [0.2, 0.25) is 5.95 Å². The molecule has 3 aromatic rings. The maximum Gasteiger partial charge on any atom is 0.257 e. The number of hydrogen-bond donors (Lipinski definition) is 1. The van der Waals surface area contributed by atoms with Crippen LogP contribution in [0, 0.1) is 5.82 Å². The smallest absolute Gasteiger partial charge is 0.257 e. The molecule has 4 rings (SSSR count). The largest absolute Gasteiger partial charge is 0.350 e. The predicted octanol–water partition coefficient (Wildman–Crippen LogP) is 4.76. The van der Waals surface area contributed by atoms with Crippen molar-refractivity contribution in [2.75, 3.05) is 18.4 Å². The number of piperidine rings is 1. The number of anilines is 1. The molecule has 1 atom stereocenters. The van der Waals surface area contributed by atoms with E-state index in [1.54, 1.807) is 29.4 Å². The second kappa shape index (κ2) is 8.69. The van der Waals surface area contributed by atoms with Crippen LogP contribution in [0.5, 0.6) is 0 Å². The number of rotatable bonds is 4. The molecule has 0 aliphatic carbocycles. The lowest BCUT2D eigenvalue weighted by Crippen LogP contribution is -2.45. The fourth-order valence-electron chi connectivity index (χ4n) is 3.61. The molecule has 1 N–H and O–H groups in total. The minimum atomic E-state index is -0.498. The van der Waals surface area contributed by atoms with Crippen LogP contribution >= 0.6 is 15.9 Å². The van der Waals surface area contributed by atoms with E-state index in [0.717, 1.165) is 22.9 Å². The number of hydrogen-bond acceptors (Lipinski definition) is 4. The minimum Gasteiger partial charge on any atom is -0.350 e. The topological polar surface area (TPSA) is 58.1 Å². The molecule has 29 heavy (non-hydrogen) atoms. The van der Waals surface area contributed by atoms with Gasteiger partial charge in [-0.1, -0.05) is 42.5 Å². The zero-order valence-corrected chi connectivity index (χ0v) is 17.3. The number of likely N-dealkylation sites (tertiary alicyclic amines) is 1. The number of carbonyl (C=O) groups is 1. The van der Waals surface area contributed by atoms with Gasteiger partial charge in [0, 0.05) is 31.5 Å². The van der Waals surface area contributed by atoms with Crippen molar-refractivity contribution >= 4 is 27.8 Å². The Morgan fingerprint density at radius 2 is 1.86 bits per heavy atom. The Morgan fingerprint density at radius 3 is 2.62 bits per heavy atom. The number of carbonyl (C=O) groups excluding carboxylic acids is 1. The molecule has 0 saturated carbocycles. The van der Waals surface area contributed by atoms with E-state index >= 15 is 0 Å². The summed E-state index contributed by atoms with van der Waals surface area (Å²) in [5, 5.41) is 3.27. The van der Waals surface area contributed by atoms with Crippen molar-refractivity contribution in [3.8, 4) is 11.1 Å². The molecule has 1 aromatic heterocycles. The lowest BCUT2D eigenvalue weighted by atomic mass is 9.97. The number of halogens is 2. The minimum absolute atomic E-state index is 0.0147. The summed E-state index contributed by atoms with van der Waals surface area (Å²) in [6.07, 6.45) is 5.07. The van der Waals surface area contributed by atoms with Crippen LogP contribution in [-0.2, 0) is 0 Å². The van der Waals surface area contributed by atoms with Gasteiger partial charge in [0.15, 0.2) is 0 Å². The van der Waals surface area contributed by atoms with Crippen LogP contribution in [-0.4, -0.2) is 39.9 Å². The summed E-state index contributed by atoms with van der Waals surface area (Å²) < 4.78 is 15.5. The molecule has 1 amide bonds. The Bertz CT molecular complexity index is 997. The van der Waals surface area contributed by atoms with Crippen molar-refractivity contribution in [2.45, 2.75) is 18.9 Å². The van der Waals surface area contributed by atoms with Gasteiger partial charge in [-0.3, -0.25) is 4.79 Å². The highest BCUT2D eigenvalue weighted by molar-refractivity contribution is 9.10. The number of benzene rings is 2. The molecule has 0 bridgehead atoms. The first-order valence-electron chi connectivity index (χ1n) is 9.49. The lowest BCUT2D eigenvalue weighted by molar-refractivity contribution is 0.0710. The highest BCUT2D eigenvalue weighted by Crippen LogP contribution is 2.28. The van der Waals surface area contributed by atoms with Gasteiger partial charge in [0.25, 0.3) is 5.91 Å². The standard InChI is InChI=1S/C22H20BrFN4O/c23-16-12-25-22(26-13-16)27-17-8-5-11-28(14-17)21(29)20-18(9-4-10-19(20)24)15-6-2-1-3-7-15/h1-4,6-7,9-10,12-13,17H,5,8,11,14H2,(H,25,26,27). The van der Waals surface area contributed by atoms with Gasteiger partial charge in [-0.2, -0.15) is 0 Å². The first kappa shape index (κ1) is 19.5. The normalized spacial score (nSPS) is 16.5. The monoisotopic (exact) mass is 454 g/mol. The van der Waals surface area contributed by atoms with Gasteiger partial charge in [-0.15, -0.1) is 0 Å². The van der Waals surface area contributed by atoms with E-state index in [0.29, 0.717) is 24.6 Å². The Morgan fingerprint density at radius 1 is 1.10 bits per heavy atom. The number of aromatic nitrogens is 2. The SMILES string of the molecule is O=C(c1c(F)cccc1-c1ccccc1)N1CCCC(Nc2ncc(Br)cn2)C1. The van der Waals surface area contributed by atoms with Crippen LogP contribution in [0.1, 0.15) is 23.2 Å². The zero-order chi connectivity index (χ0) is 20.2. The van der Waals surface area contributed by atoms with E-state index in [1.165, 1.54) is 6.07 Å². The fraction of sp³-hybridized carbons (Fsp3) is 0.227. The van der Waals surface area contributed by atoms with Crippen molar-refractivity contribution in [2.24, 2.45) is 0 Å². The molecule has 1 aliphatic heterocycles. The van der Waals surface area contributed by atoms with Crippen molar-refractivity contribution in [1.82, 2.24) is 14.9 Å². The first-order valence-corrected chi connectivity index (χ1v) is 10.3. The van der Waals surface area contributed by atoms with Gasteiger partial charge < -0.3 is 10.2 Å². The highest BCUT2D eigenvalue weighted by Gasteiger charge is 2.28. The molecule has 1 unspecified atom stereocenters. The third kappa shape index (κ3) is 4.45. The van der Waals surface area contributed by atoms with Crippen LogP contribution in [0.25, 0.3) is 11.1 Å². The summed E-state index contributed by atoms with van der Waals surface area (Å²) in [4.78, 5) is 23.5. The van der Waals surface area contributed by atoms with E-state index in [2.05, 4.69) is 31.2 Å². The average Bonchev–Trinajstić information content (AvgIpc) is 2.75. The Kier molecular flexibility index (Phi) is 5.85.